The Hall–Kier alpha value is -1.69. The quantitative estimate of drug-likeness (QED) is 0.696. The van der Waals surface area contributed by atoms with Gasteiger partial charge in [0.1, 0.15) is 24.2 Å². The summed E-state index contributed by atoms with van der Waals surface area (Å²) >= 11 is 6.19. The number of benzene rings is 1. The van der Waals surface area contributed by atoms with Gasteiger partial charge in [-0.25, -0.2) is 4.98 Å². The molecule has 0 aliphatic carbocycles. The van der Waals surface area contributed by atoms with Crippen LogP contribution in [0.3, 0.4) is 0 Å². The summed E-state index contributed by atoms with van der Waals surface area (Å²) in [5.74, 6) is 1.34. The predicted octanol–water partition coefficient (Wildman–Crippen LogP) is 3.76. The van der Waals surface area contributed by atoms with Gasteiger partial charge in [-0.05, 0) is 24.1 Å². The number of imidazole rings is 1. The molecular weight excluding hydrogens is 351 g/mol. The molecule has 1 aromatic carbocycles. The molecule has 5 nitrogen and oxygen atoms in total. The van der Waals surface area contributed by atoms with Crippen molar-refractivity contribution in [2.24, 2.45) is 0 Å². The first-order chi connectivity index (χ1) is 11.3. The van der Waals surface area contributed by atoms with Crippen LogP contribution in [0.5, 0.6) is 11.5 Å². The first-order valence-corrected chi connectivity index (χ1v) is 7.86. The highest BCUT2D eigenvalue weighted by molar-refractivity contribution is 6.32. The minimum Gasteiger partial charge on any atom is -0.497 e. The van der Waals surface area contributed by atoms with Crippen LogP contribution in [0.15, 0.2) is 48.6 Å². The molecule has 24 heavy (non-hydrogen) atoms. The highest BCUT2D eigenvalue weighted by atomic mass is 35.5. The summed E-state index contributed by atoms with van der Waals surface area (Å²) in [7, 11) is 1.61. The van der Waals surface area contributed by atoms with Crippen molar-refractivity contribution < 1.29 is 14.2 Å². The predicted molar refractivity (Wildman–Crippen MR) is 95.4 cm³/mol. The lowest BCUT2D eigenvalue weighted by molar-refractivity contribution is 0.0761. The number of rotatable bonds is 7. The molecule has 0 unspecified atom stereocenters. The topological polar surface area (TPSA) is 45.5 Å². The summed E-state index contributed by atoms with van der Waals surface area (Å²) < 4.78 is 18.7. The van der Waals surface area contributed by atoms with E-state index in [0.717, 1.165) is 13.0 Å². The van der Waals surface area contributed by atoms with Crippen LogP contribution in [0.2, 0.25) is 5.02 Å². The van der Waals surface area contributed by atoms with E-state index in [1.165, 1.54) is 5.57 Å². The van der Waals surface area contributed by atoms with Crippen LogP contribution in [0.4, 0.5) is 0 Å². The van der Waals surface area contributed by atoms with E-state index in [-0.39, 0.29) is 18.5 Å². The fourth-order valence-electron chi connectivity index (χ4n) is 2.50. The minimum absolute atomic E-state index is 0. The molecule has 0 N–H and O–H groups in total. The molecule has 1 atom stereocenters. The summed E-state index contributed by atoms with van der Waals surface area (Å²) in [6, 6.07) is 5.37. The maximum atomic E-state index is 6.19. The second-order valence-electron chi connectivity index (χ2n) is 5.26. The number of ether oxygens (including phenoxy) is 3. The van der Waals surface area contributed by atoms with Crippen molar-refractivity contribution in [1.29, 1.82) is 0 Å². The number of halogens is 2. The SMILES string of the molecule is COc1ccc(OC[C@@H]2OCC=C2CCn2ccnc2)c(Cl)c1.Cl. The lowest BCUT2D eigenvalue weighted by atomic mass is 10.1. The van der Waals surface area contributed by atoms with Gasteiger partial charge in [0.2, 0.25) is 0 Å². The molecule has 1 aliphatic rings. The number of aromatic nitrogens is 2. The minimum atomic E-state index is -0.0308. The van der Waals surface area contributed by atoms with Gasteiger partial charge in [0.25, 0.3) is 0 Å². The van der Waals surface area contributed by atoms with Crippen LogP contribution in [0, 0.1) is 0 Å². The van der Waals surface area contributed by atoms with Gasteiger partial charge in [-0.3, -0.25) is 0 Å². The molecule has 0 amide bonds. The third kappa shape index (κ3) is 4.66. The van der Waals surface area contributed by atoms with Crippen molar-refractivity contribution in [3.05, 3.63) is 53.6 Å². The maximum absolute atomic E-state index is 6.19. The first-order valence-electron chi connectivity index (χ1n) is 7.49. The van der Waals surface area contributed by atoms with Gasteiger partial charge >= 0.3 is 0 Å². The van der Waals surface area contributed by atoms with E-state index in [4.69, 9.17) is 25.8 Å². The second-order valence-corrected chi connectivity index (χ2v) is 5.67. The zero-order chi connectivity index (χ0) is 16.1. The Balaban J connectivity index is 0.00000208. The number of methoxy groups -OCH3 is 1. The Morgan fingerprint density at radius 2 is 2.29 bits per heavy atom. The van der Waals surface area contributed by atoms with E-state index >= 15 is 0 Å². The van der Waals surface area contributed by atoms with Crippen molar-refractivity contribution in [3.8, 4) is 11.5 Å². The van der Waals surface area contributed by atoms with Gasteiger partial charge < -0.3 is 18.8 Å². The molecule has 2 heterocycles. The lowest BCUT2D eigenvalue weighted by Gasteiger charge is -2.17. The molecule has 0 saturated heterocycles. The van der Waals surface area contributed by atoms with E-state index in [2.05, 4.69) is 15.6 Å². The molecule has 0 spiro atoms. The molecule has 2 aromatic rings. The van der Waals surface area contributed by atoms with Crippen LogP contribution in [0.1, 0.15) is 6.42 Å². The fourth-order valence-corrected chi connectivity index (χ4v) is 2.72. The van der Waals surface area contributed by atoms with Gasteiger partial charge in [0.15, 0.2) is 0 Å². The van der Waals surface area contributed by atoms with Crippen LogP contribution in [-0.4, -0.2) is 36.0 Å². The van der Waals surface area contributed by atoms with E-state index < -0.39 is 0 Å². The maximum Gasteiger partial charge on any atom is 0.138 e. The average molecular weight is 371 g/mol. The van der Waals surface area contributed by atoms with Crippen molar-refractivity contribution in [1.82, 2.24) is 9.55 Å². The monoisotopic (exact) mass is 370 g/mol. The van der Waals surface area contributed by atoms with Crippen LogP contribution in [-0.2, 0) is 11.3 Å². The smallest absolute Gasteiger partial charge is 0.138 e. The standard InChI is InChI=1S/C17H19ClN2O3.ClH/c1-21-14-2-3-16(15(18)10-14)23-11-17-13(5-9-22-17)4-7-20-8-6-19-12-20;/h2-3,5-6,8,10,12,17H,4,7,9,11H2,1H3;1H/t17-;/m0./s1. The third-order valence-corrected chi connectivity index (χ3v) is 4.10. The Labute approximate surface area is 152 Å². The van der Waals surface area contributed by atoms with Crippen LogP contribution >= 0.6 is 24.0 Å². The summed E-state index contributed by atoms with van der Waals surface area (Å²) in [4.78, 5) is 4.05. The largest absolute Gasteiger partial charge is 0.497 e. The first kappa shape index (κ1) is 18.6. The van der Waals surface area contributed by atoms with E-state index in [0.29, 0.717) is 29.7 Å². The number of nitrogens with zero attached hydrogens (tertiary/aromatic N) is 2. The number of hydrogen-bond donors (Lipinski definition) is 0. The number of hydrogen-bond acceptors (Lipinski definition) is 4. The molecule has 3 rings (SSSR count). The van der Waals surface area contributed by atoms with Gasteiger partial charge in [-0.2, -0.15) is 0 Å². The molecule has 0 fully saturated rings. The summed E-state index contributed by atoms with van der Waals surface area (Å²) in [6.07, 6.45) is 8.57. The summed E-state index contributed by atoms with van der Waals surface area (Å²) in [5, 5.41) is 0.534. The zero-order valence-electron chi connectivity index (χ0n) is 13.4. The van der Waals surface area contributed by atoms with Crippen molar-refractivity contribution in [2.45, 2.75) is 19.1 Å². The van der Waals surface area contributed by atoms with Gasteiger partial charge in [0, 0.05) is 25.0 Å². The second kappa shape index (κ2) is 8.97. The Kier molecular flexibility index (Phi) is 6.97. The fraction of sp³-hybridized carbons (Fsp3) is 0.353. The Bertz CT molecular complexity index is 674. The highest BCUT2D eigenvalue weighted by Gasteiger charge is 2.21. The molecular formula is C17H20Cl2N2O3. The van der Waals surface area contributed by atoms with E-state index in [1.807, 2.05) is 24.7 Å². The Morgan fingerprint density at radius 3 is 3.00 bits per heavy atom. The average Bonchev–Trinajstić information content (AvgIpc) is 3.23. The summed E-state index contributed by atoms with van der Waals surface area (Å²) in [5.41, 5.74) is 1.25. The molecule has 130 valence electrons. The van der Waals surface area contributed by atoms with E-state index in [1.54, 1.807) is 19.4 Å². The number of aryl methyl sites for hydroxylation is 1. The van der Waals surface area contributed by atoms with Gasteiger partial charge in [0.05, 0.1) is 25.1 Å². The van der Waals surface area contributed by atoms with Crippen molar-refractivity contribution >= 4 is 24.0 Å². The lowest BCUT2D eigenvalue weighted by Crippen LogP contribution is -2.21. The molecule has 0 bridgehead atoms. The third-order valence-electron chi connectivity index (χ3n) is 3.80. The normalized spacial score (nSPS) is 16.4. The van der Waals surface area contributed by atoms with Crippen molar-refractivity contribution in [2.75, 3.05) is 20.3 Å². The van der Waals surface area contributed by atoms with Crippen LogP contribution in [0.25, 0.3) is 0 Å². The zero-order valence-corrected chi connectivity index (χ0v) is 14.9. The molecule has 0 radical (unpaired) electrons. The Morgan fingerprint density at radius 1 is 1.42 bits per heavy atom. The molecule has 7 heteroatoms. The van der Waals surface area contributed by atoms with Gasteiger partial charge in [-0.1, -0.05) is 17.7 Å². The molecule has 1 aromatic heterocycles. The molecule has 0 saturated carbocycles. The van der Waals surface area contributed by atoms with Gasteiger partial charge in [-0.15, -0.1) is 12.4 Å². The van der Waals surface area contributed by atoms with Crippen molar-refractivity contribution in [3.63, 3.8) is 0 Å². The molecule has 1 aliphatic heterocycles. The van der Waals surface area contributed by atoms with E-state index in [9.17, 15) is 0 Å². The summed E-state index contributed by atoms with van der Waals surface area (Å²) in [6.45, 7) is 1.96. The van der Waals surface area contributed by atoms with Crippen LogP contribution < -0.4 is 9.47 Å². The highest BCUT2D eigenvalue weighted by Crippen LogP contribution is 2.29.